The van der Waals surface area contributed by atoms with Crippen LogP contribution >= 0.6 is 0 Å². The molecule has 106 valence electrons. The van der Waals surface area contributed by atoms with Gasteiger partial charge in [-0.1, -0.05) is 6.07 Å². The highest BCUT2D eigenvalue weighted by Crippen LogP contribution is 2.41. The molecule has 3 atom stereocenters. The van der Waals surface area contributed by atoms with Gasteiger partial charge in [-0.15, -0.1) is 0 Å². The summed E-state index contributed by atoms with van der Waals surface area (Å²) >= 11 is 0. The number of rotatable bonds is 1. The summed E-state index contributed by atoms with van der Waals surface area (Å²) in [4.78, 5) is 18.2. The van der Waals surface area contributed by atoms with Gasteiger partial charge in [0.2, 0.25) is 0 Å². The molecule has 1 amide bonds. The average Bonchev–Trinajstić information content (AvgIpc) is 2.51. The molecule has 4 rings (SSSR count). The number of hydroxylamine groups is 2. The fourth-order valence-electron chi connectivity index (χ4n) is 3.61. The van der Waals surface area contributed by atoms with E-state index in [4.69, 9.17) is 9.57 Å². The van der Waals surface area contributed by atoms with Crippen molar-refractivity contribution in [2.24, 2.45) is 0 Å². The normalized spacial score (nSPS) is 31.6. The molecule has 1 aromatic carbocycles. The molecule has 0 aliphatic carbocycles. The molecule has 2 saturated heterocycles. The van der Waals surface area contributed by atoms with Crippen LogP contribution in [0.25, 0.3) is 0 Å². The van der Waals surface area contributed by atoms with Gasteiger partial charge in [0.05, 0.1) is 13.2 Å². The van der Waals surface area contributed by atoms with Gasteiger partial charge in [-0.05, 0) is 42.5 Å². The van der Waals surface area contributed by atoms with Gasteiger partial charge in [-0.25, -0.2) is 5.06 Å². The van der Waals surface area contributed by atoms with E-state index in [9.17, 15) is 4.79 Å². The number of ether oxygens (including phenoxy) is 1. The predicted molar refractivity (Wildman–Crippen MR) is 71.9 cm³/mol. The maximum absolute atomic E-state index is 12.4. The quantitative estimate of drug-likeness (QED) is 0.844. The van der Waals surface area contributed by atoms with E-state index in [1.807, 2.05) is 12.1 Å². The fraction of sp³-hybridized carbons (Fsp3) is 0.533. The van der Waals surface area contributed by atoms with Crippen molar-refractivity contribution in [2.45, 2.75) is 44.0 Å². The first-order chi connectivity index (χ1) is 9.78. The second-order valence-electron chi connectivity index (χ2n) is 5.70. The molecule has 5 nitrogen and oxygen atoms in total. The molecule has 3 heterocycles. The molecule has 20 heavy (non-hydrogen) atoms. The minimum Gasteiger partial charge on any atom is -0.497 e. The Labute approximate surface area is 117 Å². The van der Waals surface area contributed by atoms with Crippen LogP contribution in [0.2, 0.25) is 0 Å². The van der Waals surface area contributed by atoms with Gasteiger partial charge < -0.3 is 10.1 Å². The summed E-state index contributed by atoms with van der Waals surface area (Å²) in [6, 6.07) is 6.25. The van der Waals surface area contributed by atoms with Crippen LogP contribution in [0, 0.1) is 0 Å². The Kier molecular flexibility index (Phi) is 2.72. The Morgan fingerprint density at radius 1 is 1.40 bits per heavy atom. The summed E-state index contributed by atoms with van der Waals surface area (Å²) < 4.78 is 5.27. The Bertz CT molecular complexity index is 560. The van der Waals surface area contributed by atoms with E-state index in [1.165, 1.54) is 5.56 Å². The maximum atomic E-state index is 12.4. The Balaban J connectivity index is 1.76. The van der Waals surface area contributed by atoms with E-state index >= 15 is 0 Å². The number of carbonyl (C=O) groups excluding carboxylic acids is 1. The molecule has 3 aliphatic heterocycles. The van der Waals surface area contributed by atoms with Crippen LogP contribution in [0.15, 0.2) is 18.2 Å². The van der Waals surface area contributed by atoms with Crippen molar-refractivity contribution in [3.63, 3.8) is 0 Å². The van der Waals surface area contributed by atoms with E-state index in [0.717, 1.165) is 30.6 Å². The number of carbonyl (C=O) groups is 1. The van der Waals surface area contributed by atoms with E-state index < -0.39 is 0 Å². The van der Waals surface area contributed by atoms with Crippen molar-refractivity contribution in [3.8, 4) is 5.75 Å². The minimum absolute atomic E-state index is 0.00583. The summed E-state index contributed by atoms with van der Waals surface area (Å²) in [5.41, 5.74) is 2.30. The molecule has 5 heteroatoms. The maximum Gasteiger partial charge on any atom is 0.263 e. The fourth-order valence-corrected chi connectivity index (χ4v) is 3.61. The molecule has 3 aliphatic rings. The van der Waals surface area contributed by atoms with Gasteiger partial charge in [0, 0.05) is 6.04 Å². The van der Waals surface area contributed by atoms with Crippen LogP contribution in [-0.2, 0) is 16.2 Å². The van der Waals surface area contributed by atoms with Crippen molar-refractivity contribution in [3.05, 3.63) is 29.3 Å². The highest BCUT2D eigenvalue weighted by Gasteiger charge is 2.47. The molecule has 2 fully saturated rings. The van der Waals surface area contributed by atoms with Gasteiger partial charge in [0.1, 0.15) is 18.4 Å². The van der Waals surface area contributed by atoms with E-state index in [0.29, 0.717) is 12.6 Å². The summed E-state index contributed by atoms with van der Waals surface area (Å²) in [6.45, 7) is 0.439. The third kappa shape index (κ3) is 1.66. The number of benzene rings is 1. The third-order valence-electron chi connectivity index (χ3n) is 4.60. The highest BCUT2D eigenvalue weighted by atomic mass is 16.7. The van der Waals surface area contributed by atoms with Crippen molar-refractivity contribution in [2.75, 3.05) is 7.11 Å². The summed E-state index contributed by atoms with van der Waals surface area (Å²) in [7, 11) is 1.66. The lowest BCUT2D eigenvalue weighted by molar-refractivity contribution is -0.231. The van der Waals surface area contributed by atoms with Crippen LogP contribution in [0.1, 0.15) is 36.4 Å². The second-order valence-corrected chi connectivity index (χ2v) is 5.70. The molecule has 2 bridgehead atoms. The standard InChI is InChI=1S/C15H18N2O3/c1-19-10-5-6-11-9(7-10)8-20-17-14(11)12-3-2-4-13(16-12)15(17)18/h5-7,12-14,16H,2-4,8H2,1H3. The SMILES string of the molecule is COc1ccc2c(c1)CON1C(=O)C3CCCC(N3)C21. The van der Waals surface area contributed by atoms with Crippen molar-refractivity contribution < 1.29 is 14.4 Å². The van der Waals surface area contributed by atoms with Gasteiger partial charge in [0.25, 0.3) is 5.91 Å². The summed E-state index contributed by atoms with van der Waals surface area (Å²) in [5, 5.41) is 5.08. The molecule has 1 aromatic rings. The lowest BCUT2D eigenvalue weighted by Crippen LogP contribution is -2.63. The van der Waals surface area contributed by atoms with Crippen LogP contribution in [0.3, 0.4) is 0 Å². The summed E-state index contributed by atoms with van der Waals surface area (Å²) in [5.74, 6) is 0.907. The van der Waals surface area contributed by atoms with Crippen LogP contribution < -0.4 is 10.1 Å². The van der Waals surface area contributed by atoms with Gasteiger partial charge in [-0.3, -0.25) is 9.63 Å². The lowest BCUT2D eigenvalue weighted by Gasteiger charge is -2.49. The zero-order valence-corrected chi connectivity index (χ0v) is 11.5. The molecule has 0 saturated carbocycles. The number of piperazine rings is 1. The first-order valence-electron chi connectivity index (χ1n) is 7.17. The first kappa shape index (κ1) is 12.2. The monoisotopic (exact) mass is 274 g/mol. The third-order valence-corrected chi connectivity index (χ3v) is 4.60. The number of nitrogens with one attached hydrogen (secondary N) is 1. The number of nitrogens with zero attached hydrogens (tertiary/aromatic N) is 1. The molecular formula is C15H18N2O3. The lowest BCUT2D eigenvalue weighted by atomic mass is 9.83. The van der Waals surface area contributed by atoms with Crippen molar-refractivity contribution in [1.29, 1.82) is 0 Å². The van der Waals surface area contributed by atoms with Crippen LogP contribution in [-0.4, -0.2) is 30.2 Å². The van der Waals surface area contributed by atoms with E-state index in [-0.39, 0.29) is 18.0 Å². The van der Waals surface area contributed by atoms with E-state index in [1.54, 1.807) is 12.2 Å². The molecule has 0 aromatic heterocycles. The topological polar surface area (TPSA) is 50.8 Å². The number of fused-ring (bicyclic) bond motifs is 6. The zero-order chi connectivity index (χ0) is 13.7. The van der Waals surface area contributed by atoms with Crippen LogP contribution in [0.5, 0.6) is 5.75 Å². The smallest absolute Gasteiger partial charge is 0.263 e. The van der Waals surface area contributed by atoms with Gasteiger partial charge in [-0.2, -0.15) is 0 Å². The largest absolute Gasteiger partial charge is 0.497 e. The van der Waals surface area contributed by atoms with Crippen LogP contribution in [0.4, 0.5) is 0 Å². The molecule has 3 unspecified atom stereocenters. The van der Waals surface area contributed by atoms with Crippen molar-refractivity contribution >= 4 is 5.91 Å². The number of hydrogen-bond donors (Lipinski definition) is 1. The van der Waals surface area contributed by atoms with E-state index in [2.05, 4.69) is 11.4 Å². The minimum atomic E-state index is -0.0650. The number of methoxy groups -OCH3 is 1. The highest BCUT2D eigenvalue weighted by molar-refractivity contribution is 5.83. The Morgan fingerprint density at radius 3 is 3.15 bits per heavy atom. The molecule has 0 radical (unpaired) electrons. The molecule has 1 N–H and O–H groups in total. The first-order valence-corrected chi connectivity index (χ1v) is 7.17. The van der Waals surface area contributed by atoms with Crippen molar-refractivity contribution in [1.82, 2.24) is 10.4 Å². The number of piperidine rings is 1. The second kappa shape index (κ2) is 4.46. The predicted octanol–water partition coefficient (Wildman–Crippen LogP) is 1.53. The Morgan fingerprint density at radius 2 is 2.30 bits per heavy atom. The number of amides is 1. The number of hydrogen-bond acceptors (Lipinski definition) is 4. The van der Waals surface area contributed by atoms with Gasteiger partial charge in [0.15, 0.2) is 0 Å². The summed E-state index contributed by atoms with van der Waals surface area (Å²) in [6.07, 6.45) is 3.10. The van der Waals surface area contributed by atoms with Gasteiger partial charge >= 0.3 is 0 Å². The molecular weight excluding hydrogens is 256 g/mol. The Hall–Kier alpha value is -1.59. The zero-order valence-electron chi connectivity index (χ0n) is 11.5. The molecule has 0 spiro atoms. The average molecular weight is 274 g/mol.